The monoisotopic (exact) mass is 381 g/mol. The van der Waals surface area contributed by atoms with Gasteiger partial charge in [-0.3, -0.25) is 9.36 Å². The molecule has 11 heteroatoms. The van der Waals surface area contributed by atoms with Crippen LogP contribution in [-0.4, -0.2) is 44.6 Å². The van der Waals surface area contributed by atoms with E-state index in [0.717, 1.165) is 0 Å². The number of aliphatic hydroxyl groups is 1. The summed E-state index contributed by atoms with van der Waals surface area (Å²) in [5, 5.41) is 10.2. The van der Waals surface area contributed by atoms with E-state index in [1.54, 1.807) is 0 Å². The van der Waals surface area contributed by atoms with Gasteiger partial charge in [-0.1, -0.05) is 0 Å². The number of aliphatic hydroxyl groups excluding tert-OH is 1. The fourth-order valence-corrected chi connectivity index (χ4v) is 2.40. The van der Waals surface area contributed by atoms with E-state index in [9.17, 15) is 23.5 Å². The van der Waals surface area contributed by atoms with Crippen molar-refractivity contribution < 1.29 is 28.2 Å². The van der Waals surface area contributed by atoms with Gasteiger partial charge in [-0.05, 0) is 20.8 Å². The quantitative estimate of drug-likeness (QED) is 0.585. The number of alkyl halides is 2. The first-order valence-electron chi connectivity index (χ1n) is 7.26. The molecule has 0 radical (unpaired) electrons. The number of carbonyl (C=O) groups excluding carboxylic acids is 1. The summed E-state index contributed by atoms with van der Waals surface area (Å²) in [4.78, 5) is 27.1. The SMILES string of the molecule is CC(C)(C)C(=O)O[C@]1(CCl)O[C@@H](n2cc(F)c(N)nc2=O)[C@@H](F)[C@@H]1O. The van der Waals surface area contributed by atoms with E-state index in [4.69, 9.17) is 26.8 Å². The van der Waals surface area contributed by atoms with E-state index >= 15 is 0 Å². The molecule has 4 atom stereocenters. The van der Waals surface area contributed by atoms with Crippen LogP contribution < -0.4 is 11.4 Å². The fraction of sp³-hybridized carbons (Fsp3) is 0.643. The standard InChI is InChI=1S/C14H18ClF2N3O5/c1-13(2,3)11(22)25-14(5-15)8(21)7(17)10(24-14)20-4-6(16)9(18)19-12(20)23/h4,7-8,10,21H,5H2,1-3H3,(H2,18,19,23)/t7-,8-,10+,14-/m0/s1. The second-order valence-electron chi connectivity index (χ2n) is 6.65. The summed E-state index contributed by atoms with van der Waals surface area (Å²) >= 11 is 5.74. The van der Waals surface area contributed by atoms with E-state index in [2.05, 4.69) is 4.98 Å². The predicted molar refractivity (Wildman–Crippen MR) is 82.9 cm³/mol. The number of nitrogens with two attached hydrogens (primary N) is 1. The lowest BCUT2D eigenvalue weighted by atomic mass is 9.97. The Morgan fingerprint density at radius 1 is 1.60 bits per heavy atom. The number of carbonyl (C=O) groups is 1. The zero-order chi connectivity index (χ0) is 19.2. The van der Waals surface area contributed by atoms with Crippen LogP contribution in [0.1, 0.15) is 27.0 Å². The van der Waals surface area contributed by atoms with E-state index in [1.807, 2.05) is 0 Å². The molecule has 140 valence electrons. The largest absolute Gasteiger partial charge is 0.428 e. The Kier molecular flexibility index (Phi) is 5.08. The van der Waals surface area contributed by atoms with E-state index in [1.165, 1.54) is 20.8 Å². The van der Waals surface area contributed by atoms with Gasteiger partial charge in [-0.25, -0.2) is 13.6 Å². The molecule has 1 aliphatic rings. The fourth-order valence-electron chi connectivity index (χ4n) is 2.12. The van der Waals surface area contributed by atoms with Crippen LogP contribution in [0.5, 0.6) is 0 Å². The number of rotatable bonds is 3. The number of ether oxygens (including phenoxy) is 2. The van der Waals surface area contributed by atoms with Crippen molar-refractivity contribution in [2.24, 2.45) is 5.41 Å². The van der Waals surface area contributed by atoms with Crippen molar-refractivity contribution in [3.63, 3.8) is 0 Å². The lowest BCUT2D eigenvalue weighted by Gasteiger charge is -2.32. The molecule has 0 amide bonds. The van der Waals surface area contributed by atoms with Crippen LogP contribution in [0.3, 0.4) is 0 Å². The molecule has 25 heavy (non-hydrogen) atoms. The topological polar surface area (TPSA) is 117 Å². The molecule has 2 rings (SSSR count). The minimum atomic E-state index is -2.24. The third-order valence-electron chi connectivity index (χ3n) is 3.62. The summed E-state index contributed by atoms with van der Waals surface area (Å²) in [6.07, 6.45) is -5.47. The molecule has 1 aromatic rings. The zero-order valence-electron chi connectivity index (χ0n) is 13.7. The Balaban J connectivity index is 2.41. The summed E-state index contributed by atoms with van der Waals surface area (Å²) in [5.41, 5.74) is 3.08. The maximum atomic E-state index is 14.5. The van der Waals surface area contributed by atoms with Gasteiger partial charge in [-0.2, -0.15) is 4.98 Å². The summed E-state index contributed by atoms with van der Waals surface area (Å²) in [6.45, 7) is 4.60. The van der Waals surface area contributed by atoms with Gasteiger partial charge in [0, 0.05) is 0 Å². The van der Waals surface area contributed by atoms with Crippen LogP contribution in [-0.2, 0) is 14.3 Å². The van der Waals surface area contributed by atoms with Gasteiger partial charge in [0.25, 0.3) is 5.79 Å². The number of nitrogens with zero attached hydrogens (tertiary/aromatic N) is 2. The average Bonchev–Trinajstić information content (AvgIpc) is 2.75. The Bertz CT molecular complexity index is 738. The van der Waals surface area contributed by atoms with Gasteiger partial charge >= 0.3 is 11.7 Å². The molecule has 0 aromatic carbocycles. The molecule has 0 saturated carbocycles. The molecule has 1 aliphatic heterocycles. The highest BCUT2D eigenvalue weighted by atomic mass is 35.5. The molecule has 0 spiro atoms. The molecular formula is C14H18ClF2N3O5. The number of hydrogen-bond acceptors (Lipinski definition) is 7. The summed E-state index contributed by atoms with van der Waals surface area (Å²) in [6, 6.07) is 0. The van der Waals surface area contributed by atoms with Crippen LogP contribution in [0.4, 0.5) is 14.6 Å². The minimum absolute atomic E-state index is 0.471. The Morgan fingerprint density at radius 2 is 2.20 bits per heavy atom. The van der Waals surface area contributed by atoms with Crippen molar-refractivity contribution >= 4 is 23.4 Å². The van der Waals surface area contributed by atoms with Gasteiger partial charge in [0.1, 0.15) is 0 Å². The van der Waals surface area contributed by atoms with Gasteiger partial charge in [0.15, 0.2) is 30.1 Å². The maximum absolute atomic E-state index is 14.5. The van der Waals surface area contributed by atoms with Gasteiger partial charge < -0.3 is 20.3 Å². The highest BCUT2D eigenvalue weighted by molar-refractivity contribution is 6.18. The second kappa shape index (κ2) is 6.50. The van der Waals surface area contributed by atoms with Crippen LogP contribution in [0.15, 0.2) is 11.0 Å². The van der Waals surface area contributed by atoms with Gasteiger partial charge in [-0.15, -0.1) is 11.6 Å². The molecule has 3 N–H and O–H groups in total. The Morgan fingerprint density at radius 3 is 2.72 bits per heavy atom. The first kappa shape index (κ1) is 19.5. The third kappa shape index (κ3) is 3.46. The minimum Gasteiger partial charge on any atom is -0.428 e. The number of hydrogen-bond donors (Lipinski definition) is 2. The lowest BCUT2D eigenvalue weighted by Crippen LogP contribution is -2.49. The number of halogens is 3. The molecular weight excluding hydrogens is 364 g/mol. The van der Waals surface area contributed by atoms with Crippen molar-refractivity contribution in [1.29, 1.82) is 0 Å². The van der Waals surface area contributed by atoms with Crippen LogP contribution in [0.2, 0.25) is 0 Å². The molecule has 1 aromatic heterocycles. The molecule has 8 nitrogen and oxygen atoms in total. The van der Waals surface area contributed by atoms with Crippen LogP contribution in [0.25, 0.3) is 0 Å². The predicted octanol–water partition coefficient (Wildman–Crippen LogP) is 0.717. The Hall–Kier alpha value is -1.78. The summed E-state index contributed by atoms with van der Waals surface area (Å²) < 4.78 is 39.0. The second-order valence-corrected chi connectivity index (χ2v) is 6.91. The van der Waals surface area contributed by atoms with Gasteiger partial charge in [0.2, 0.25) is 0 Å². The van der Waals surface area contributed by atoms with Crippen molar-refractivity contribution in [2.45, 2.75) is 45.1 Å². The number of anilines is 1. The van der Waals surface area contributed by atoms with Crippen molar-refractivity contribution in [3.8, 4) is 0 Å². The van der Waals surface area contributed by atoms with Gasteiger partial charge in [0.05, 0.1) is 17.5 Å². The molecule has 2 heterocycles. The zero-order valence-corrected chi connectivity index (χ0v) is 14.5. The van der Waals surface area contributed by atoms with Crippen LogP contribution >= 0.6 is 11.6 Å². The van der Waals surface area contributed by atoms with Crippen molar-refractivity contribution in [2.75, 3.05) is 11.6 Å². The number of nitrogen functional groups attached to an aromatic ring is 1. The first-order valence-corrected chi connectivity index (χ1v) is 7.80. The highest BCUT2D eigenvalue weighted by Crippen LogP contribution is 2.41. The number of aromatic nitrogens is 2. The molecule has 0 unspecified atom stereocenters. The van der Waals surface area contributed by atoms with Crippen molar-refractivity contribution in [3.05, 3.63) is 22.5 Å². The lowest BCUT2D eigenvalue weighted by molar-refractivity contribution is -0.250. The van der Waals surface area contributed by atoms with Crippen molar-refractivity contribution in [1.82, 2.24) is 9.55 Å². The molecule has 0 bridgehead atoms. The first-order chi connectivity index (χ1) is 11.4. The average molecular weight is 382 g/mol. The Labute approximate surface area is 146 Å². The van der Waals surface area contributed by atoms with E-state index in [-0.39, 0.29) is 0 Å². The highest BCUT2D eigenvalue weighted by Gasteiger charge is 2.59. The number of esters is 1. The van der Waals surface area contributed by atoms with E-state index < -0.39 is 58.9 Å². The normalized spacial score (nSPS) is 29.6. The summed E-state index contributed by atoms with van der Waals surface area (Å²) in [5.74, 6) is -5.42. The summed E-state index contributed by atoms with van der Waals surface area (Å²) in [7, 11) is 0. The molecule has 1 fully saturated rings. The molecule has 0 aliphatic carbocycles. The smallest absolute Gasteiger partial charge is 0.351 e. The molecule has 1 saturated heterocycles. The van der Waals surface area contributed by atoms with Crippen LogP contribution in [0, 0.1) is 11.2 Å². The maximum Gasteiger partial charge on any atom is 0.351 e. The third-order valence-corrected chi connectivity index (χ3v) is 3.99. The van der Waals surface area contributed by atoms with E-state index in [0.29, 0.717) is 10.8 Å².